The van der Waals surface area contributed by atoms with Gasteiger partial charge in [0.25, 0.3) is 0 Å². The first-order valence-electron chi connectivity index (χ1n) is 6.26. The van der Waals surface area contributed by atoms with E-state index in [4.69, 9.17) is 4.74 Å². The van der Waals surface area contributed by atoms with Gasteiger partial charge in [0.2, 0.25) is 0 Å². The molecule has 0 heterocycles. The molecular formula is C14H24O2. The second-order valence-corrected chi connectivity index (χ2v) is 5.40. The highest BCUT2D eigenvalue weighted by atomic mass is 16.5. The summed E-state index contributed by atoms with van der Waals surface area (Å²) in [6.45, 7) is 10.9. The second-order valence-electron chi connectivity index (χ2n) is 5.40. The third-order valence-electron chi connectivity index (χ3n) is 3.76. The van der Waals surface area contributed by atoms with Crippen molar-refractivity contribution in [1.82, 2.24) is 0 Å². The predicted octanol–water partition coefficient (Wildman–Crippen LogP) is 3.57. The van der Waals surface area contributed by atoms with E-state index in [2.05, 4.69) is 26.8 Å². The van der Waals surface area contributed by atoms with Crippen LogP contribution in [0.2, 0.25) is 0 Å². The minimum absolute atomic E-state index is 0.0284. The van der Waals surface area contributed by atoms with Crippen LogP contribution in [0.5, 0.6) is 0 Å². The standard InChI is InChI=1S/C14H24O2/c1-6-11-10(3)8-9-14(4,5)12(11)13(15)16-7-2/h6,10,12H,7-9H2,1-5H3/b11-6+. The van der Waals surface area contributed by atoms with E-state index in [0.29, 0.717) is 12.5 Å². The fourth-order valence-corrected chi connectivity index (χ4v) is 2.77. The molecule has 0 N–H and O–H groups in total. The van der Waals surface area contributed by atoms with Crippen molar-refractivity contribution < 1.29 is 9.53 Å². The minimum atomic E-state index is -0.0544. The molecule has 0 saturated heterocycles. The van der Waals surface area contributed by atoms with Crippen molar-refractivity contribution in [1.29, 1.82) is 0 Å². The molecule has 0 amide bonds. The van der Waals surface area contributed by atoms with Crippen molar-refractivity contribution in [2.75, 3.05) is 6.61 Å². The first kappa shape index (κ1) is 13.3. The number of carbonyl (C=O) groups is 1. The van der Waals surface area contributed by atoms with Crippen molar-refractivity contribution in [3.63, 3.8) is 0 Å². The van der Waals surface area contributed by atoms with Gasteiger partial charge in [0.15, 0.2) is 0 Å². The number of esters is 1. The predicted molar refractivity (Wildman–Crippen MR) is 66.1 cm³/mol. The number of hydrogen-bond acceptors (Lipinski definition) is 2. The van der Waals surface area contributed by atoms with Crippen LogP contribution >= 0.6 is 0 Å². The van der Waals surface area contributed by atoms with E-state index in [9.17, 15) is 4.79 Å². The molecule has 1 aliphatic rings. The van der Waals surface area contributed by atoms with Crippen molar-refractivity contribution in [3.8, 4) is 0 Å². The summed E-state index contributed by atoms with van der Waals surface area (Å²) in [5, 5.41) is 0. The third kappa shape index (κ3) is 2.47. The van der Waals surface area contributed by atoms with Crippen LogP contribution in [0.3, 0.4) is 0 Å². The Morgan fingerprint density at radius 2 is 2.19 bits per heavy atom. The molecule has 2 atom stereocenters. The molecule has 0 aromatic heterocycles. The van der Waals surface area contributed by atoms with Gasteiger partial charge in [0, 0.05) is 0 Å². The zero-order chi connectivity index (χ0) is 12.3. The summed E-state index contributed by atoms with van der Waals surface area (Å²) >= 11 is 0. The number of allylic oxidation sites excluding steroid dienone is 1. The van der Waals surface area contributed by atoms with Crippen LogP contribution < -0.4 is 0 Å². The molecule has 0 radical (unpaired) electrons. The van der Waals surface area contributed by atoms with Gasteiger partial charge in [0.05, 0.1) is 12.5 Å². The Bertz CT molecular complexity index is 289. The summed E-state index contributed by atoms with van der Waals surface area (Å²) in [6.07, 6.45) is 4.37. The fraction of sp³-hybridized carbons (Fsp3) is 0.786. The molecule has 2 heteroatoms. The maximum Gasteiger partial charge on any atom is 0.313 e. The average molecular weight is 224 g/mol. The lowest BCUT2D eigenvalue weighted by Gasteiger charge is -2.41. The van der Waals surface area contributed by atoms with Gasteiger partial charge >= 0.3 is 5.97 Å². The summed E-state index contributed by atoms with van der Waals surface area (Å²) in [4.78, 5) is 12.1. The fourth-order valence-electron chi connectivity index (χ4n) is 2.77. The van der Waals surface area contributed by atoms with E-state index in [1.807, 2.05) is 13.8 Å². The summed E-state index contributed by atoms with van der Waals surface area (Å²) in [7, 11) is 0. The van der Waals surface area contributed by atoms with Gasteiger partial charge in [-0.25, -0.2) is 0 Å². The lowest BCUT2D eigenvalue weighted by molar-refractivity contribution is -0.151. The molecule has 2 unspecified atom stereocenters. The maximum atomic E-state index is 12.1. The highest BCUT2D eigenvalue weighted by Crippen LogP contribution is 2.46. The molecule has 0 aromatic rings. The van der Waals surface area contributed by atoms with E-state index in [1.165, 1.54) is 12.0 Å². The van der Waals surface area contributed by atoms with Crippen LogP contribution in [0.25, 0.3) is 0 Å². The normalized spacial score (nSPS) is 31.4. The van der Waals surface area contributed by atoms with Gasteiger partial charge in [-0.3, -0.25) is 4.79 Å². The smallest absolute Gasteiger partial charge is 0.313 e. The van der Waals surface area contributed by atoms with Crippen LogP contribution in [0.1, 0.15) is 47.5 Å². The van der Waals surface area contributed by atoms with Crippen LogP contribution in [0.4, 0.5) is 0 Å². The molecule has 1 fully saturated rings. The Labute approximate surface area is 99.1 Å². The first-order chi connectivity index (χ1) is 7.44. The zero-order valence-corrected chi connectivity index (χ0v) is 11.2. The largest absolute Gasteiger partial charge is 0.466 e. The Balaban J connectivity index is 3.00. The zero-order valence-electron chi connectivity index (χ0n) is 11.2. The summed E-state index contributed by atoms with van der Waals surface area (Å²) in [5.41, 5.74) is 1.29. The van der Waals surface area contributed by atoms with Crippen molar-refractivity contribution >= 4 is 5.97 Å². The lowest BCUT2D eigenvalue weighted by atomic mass is 9.63. The van der Waals surface area contributed by atoms with E-state index in [0.717, 1.165) is 6.42 Å². The average Bonchev–Trinajstić information content (AvgIpc) is 2.21. The maximum absolute atomic E-state index is 12.1. The van der Waals surface area contributed by atoms with Crippen LogP contribution in [0, 0.1) is 17.3 Å². The van der Waals surface area contributed by atoms with Gasteiger partial charge in [-0.15, -0.1) is 0 Å². The number of rotatable bonds is 2. The van der Waals surface area contributed by atoms with E-state index < -0.39 is 0 Å². The van der Waals surface area contributed by atoms with Gasteiger partial charge in [-0.05, 0) is 38.0 Å². The molecule has 1 saturated carbocycles. The van der Waals surface area contributed by atoms with Gasteiger partial charge in [0.1, 0.15) is 0 Å². The third-order valence-corrected chi connectivity index (χ3v) is 3.76. The van der Waals surface area contributed by atoms with Crippen LogP contribution in [-0.4, -0.2) is 12.6 Å². The van der Waals surface area contributed by atoms with Gasteiger partial charge < -0.3 is 4.74 Å². The molecule has 92 valence electrons. The second kappa shape index (κ2) is 5.03. The van der Waals surface area contributed by atoms with E-state index in [1.54, 1.807) is 0 Å². The topological polar surface area (TPSA) is 26.3 Å². The molecule has 0 bridgehead atoms. The minimum Gasteiger partial charge on any atom is -0.466 e. The summed E-state index contributed by atoms with van der Waals surface area (Å²) in [5.74, 6) is 0.404. The Kier molecular flexibility index (Phi) is 4.17. The SMILES string of the molecule is C/C=C1\C(C)CCC(C)(C)C1C(=O)OCC. The molecule has 2 nitrogen and oxygen atoms in total. The van der Waals surface area contributed by atoms with Gasteiger partial charge in [-0.2, -0.15) is 0 Å². The van der Waals surface area contributed by atoms with Crippen LogP contribution in [-0.2, 0) is 9.53 Å². The van der Waals surface area contributed by atoms with E-state index >= 15 is 0 Å². The molecule has 16 heavy (non-hydrogen) atoms. The number of ether oxygens (including phenoxy) is 1. The first-order valence-corrected chi connectivity index (χ1v) is 6.26. The van der Waals surface area contributed by atoms with E-state index in [-0.39, 0.29) is 17.3 Å². The molecule has 1 aliphatic carbocycles. The highest BCUT2D eigenvalue weighted by molar-refractivity contribution is 5.77. The van der Waals surface area contributed by atoms with Crippen molar-refractivity contribution in [2.24, 2.45) is 17.3 Å². The lowest BCUT2D eigenvalue weighted by Crippen LogP contribution is -2.39. The summed E-state index contributed by atoms with van der Waals surface area (Å²) in [6, 6.07) is 0. The quantitative estimate of drug-likeness (QED) is 0.529. The van der Waals surface area contributed by atoms with Crippen LogP contribution in [0.15, 0.2) is 11.6 Å². The number of hydrogen-bond donors (Lipinski definition) is 0. The summed E-state index contributed by atoms with van der Waals surface area (Å²) < 4.78 is 5.22. The molecule has 0 aliphatic heterocycles. The Morgan fingerprint density at radius 3 is 2.69 bits per heavy atom. The Hall–Kier alpha value is -0.790. The molecule has 0 spiro atoms. The number of carbonyl (C=O) groups excluding carboxylic acids is 1. The van der Waals surface area contributed by atoms with Gasteiger partial charge in [-0.1, -0.05) is 32.4 Å². The Morgan fingerprint density at radius 1 is 1.56 bits per heavy atom. The molecule has 0 aromatic carbocycles. The molecule has 1 rings (SSSR count). The van der Waals surface area contributed by atoms with Crippen molar-refractivity contribution in [3.05, 3.63) is 11.6 Å². The van der Waals surface area contributed by atoms with Crippen molar-refractivity contribution in [2.45, 2.75) is 47.5 Å². The highest BCUT2D eigenvalue weighted by Gasteiger charge is 2.43. The monoisotopic (exact) mass is 224 g/mol. The molecular weight excluding hydrogens is 200 g/mol.